The van der Waals surface area contributed by atoms with Crippen molar-refractivity contribution in [2.45, 2.75) is 51.4 Å². The van der Waals surface area contributed by atoms with Gasteiger partial charge in [0, 0.05) is 105 Å². The molecule has 0 unspecified atom stereocenters. The highest BCUT2D eigenvalue weighted by atomic mass is 16.7. The molecule has 1 aliphatic carbocycles. The molecule has 21 heteroatoms. The Labute approximate surface area is 344 Å². The van der Waals surface area contributed by atoms with Crippen LogP contribution >= 0.6 is 0 Å². The number of hydrogen-bond acceptors (Lipinski definition) is 15. The average Bonchev–Trinajstić information content (AvgIpc) is 3.72. The molecule has 1 fully saturated rings. The molecule has 1 aliphatic heterocycles. The smallest absolute Gasteiger partial charge is 0.407 e. The summed E-state index contributed by atoms with van der Waals surface area (Å²) >= 11 is 0. The van der Waals surface area contributed by atoms with E-state index in [0.29, 0.717) is 42.2 Å². The van der Waals surface area contributed by atoms with Crippen molar-refractivity contribution >= 4 is 41.4 Å². The standard InChI is InChI=1S/C39H47N9O12/c1-26(49)58-21-16-47(24-38(54)60-48-36(52)10-11-37(48)53)15-12-42-39(55)59-25-33-31-22-27(34(50)4-2-17-56-19-13-43-45-40)6-8-29(31)30-9-7-28(23-32(30)33)35(51)5-3-18-57-20-14-44-46-41/h6-9,22-23,33H,2-5,10-21,24-25H2,1H3,(H,42,55). The Morgan fingerprint density at radius 3 is 1.85 bits per heavy atom. The molecule has 1 N–H and O–H groups in total. The number of Topliss-reactive ketones (excluding diaryl/α,β-unsaturated/α-hetero) is 2. The van der Waals surface area contributed by atoms with Gasteiger partial charge in [0.15, 0.2) is 11.6 Å². The first kappa shape index (κ1) is 46.3. The Morgan fingerprint density at radius 2 is 1.33 bits per heavy atom. The molecule has 2 aromatic rings. The second-order valence-corrected chi connectivity index (χ2v) is 13.5. The lowest BCUT2D eigenvalue weighted by molar-refractivity contribution is -0.198. The predicted molar refractivity (Wildman–Crippen MR) is 210 cm³/mol. The van der Waals surface area contributed by atoms with Gasteiger partial charge in [0.25, 0.3) is 11.8 Å². The predicted octanol–water partition coefficient (Wildman–Crippen LogP) is 4.58. The third kappa shape index (κ3) is 14.5. The zero-order valence-corrected chi connectivity index (χ0v) is 33.2. The fraction of sp³-hybridized carbons (Fsp3) is 0.513. The number of nitrogens with zero attached hydrogens (tertiary/aromatic N) is 8. The Bertz CT molecular complexity index is 1890. The van der Waals surface area contributed by atoms with Crippen LogP contribution < -0.4 is 5.32 Å². The molecule has 1 saturated heterocycles. The van der Waals surface area contributed by atoms with E-state index in [0.717, 1.165) is 22.3 Å². The van der Waals surface area contributed by atoms with Crippen molar-refractivity contribution in [2.75, 3.05) is 78.9 Å². The lowest BCUT2D eigenvalue weighted by Crippen LogP contribution is -2.42. The molecule has 0 aromatic heterocycles. The number of alkyl carbamates (subject to hydrolysis) is 1. The van der Waals surface area contributed by atoms with Gasteiger partial charge in [0.2, 0.25) is 0 Å². The lowest BCUT2D eigenvalue weighted by Gasteiger charge is -2.22. The number of hydrogen-bond donors (Lipinski definition) is 1. The molecule has 0 bridgehead atoms. The zero-order valence-electron chi connectivity index (χ0n) is 33.2. The van der Waals surface area contributed by atoms with Crippen LogP contribution in [0.4, 0.5) is 4.79 Å². The van der Waals surface area contributed by atoms with Crippen molar-refractivity contribution in [2.24, 2.45) is 10.2 Å². The van der Waals surface area contributed by atoms with Gasteiger partial charge in [-0.25, -0.2) is 9.59 Å². The van der Waals surface area contributed by atoms with E-state index in [1.807, 2.05) is 12.1 Å². The molecular weight excluding hydrogens is 786 g/mol. The van der Waals surface area contributed by atoms with E-state index < -0.39 is 35.8 Å². The quantitative estimate of drug-likeness (QED) is 0.0246. The maximum absolute atomic E-state index is 13.2. The number of benzene rings is 2. The number of amides is 3. The van der Waals surface area contributed by atoms with E-state index in [1.54, 1.807) is 24.3 Å². The molecule has 0 radical (unpaired) electrons. The van der Waals surface area contributed by atoms with E-state index in [9.17, 15) is 33.6 Å². The summed E-state index contributed by atoms with van der Waals surface area (Å²) in [6, 6.07) is 10.7. The number of nitrogens with one attached hydrogen (secondary N) is 1. The minimum atomic E-state index is -0.899. The van der Waals surface area contributed by atoms with Crippen molar-refractivity contribution in [1.29, 1.82) is 0 Å². The number of ether oxygens (including phenoxy) is 4. The molecular formula is C39H47N9O12. The maximum Gasteiger partial charge on any atom is 0.407 e. The first-order chi connectivity index (χ1) is 29.0. The van der Waals surface area contributed by atoms with Crippen molar-refractivity contribution < 1.29 is 57.3 Å². The Morgan fingerprint density at radius 1 is 0.783 bits per heavy atom. The molecule has 3 amide bonds. The number of azide groups is 2. The number of esters is 1. The van der Waals surface area contributed by atoms with Gasteiger partial charge in [0.05, 0.1) is 19.8 Å². The van der Waals surface area contributed by atoms with Crippen LogP contribution in [0.15, 0.2) is 46.6 Å². The summed E-state index contributed by atoms with van der Waals surface area (Å²) in [6.45, 7) is 2.22. The monoisotopic (exact) mass is 833 g/mol. The molecule has 0 spiro atoms. The van der Waals surface area contributed by atoms with Crippen molar-refractivity contribution in [3.05, 3.63) is 79.5 Å². The van der Waals surface area contributed by atoms with Gasteiger partial charge in [0.1, 0.15) is 13.2 Å². The van der Waals surface area contributed by atoms with Crippen LogP contribution in [0.2, 0.25) is 0 Å². The summed E-state index contributed by atoms with van der Waals surface area (Å²) in [5.74, 6) is -3.49. The van der Waals surface area contributed by atoms with Gasteiger partial charge in [-0.2, -0.15) is 0 Å². The summed E-state index contributed by atoms with van der Waals surface area (Å²) in [6.07, 6.45) is 0.379. The van der Waals surface area contributed by atoms with Crippen LogP contribution in [0, 0.1) is 0 Å². The van der Waals surface area contributed by atoms with E-state index in [-0.39, 0.29) is 103 Å². The summed E-state index contributed by atoms with van der Waals surface area (Å²) in [5, 5.41) is 9.88. The van der Waals surface area contributed by atoms with Gasteiger partial charge in [-0.15, -0.1) is 5.06 Å². The van der Waals surface area contributed by atoms with Crippen LogP contribution in [0.5, 0.6) is 0 Å². The Hall–Kier alpha value is -6.37. The fourth-order valence-electron chi connectivity index (χ4n) is 6.43. The maximum atomic E-state index is 13.2. The average molecular weight is 834 g/mol. The normalized spacial score (nSPS) is 13.8. The van der Waals surface area contributed by atoms with Crippen molar-refractivity contribution in [3.63, 3.8) is 0 Å². The minimum absolute atomic E-state index is 0.0204. The van der Waals surface area contributed by atoms with Gasteiger partial charge in [-0.05, 0) is 58.3 Å². The molecule has 320 valence electrons. The molecule has 2 aliphatic rings. The molecule has 2 aromatic carbocycles. The second kappa shape index (κ2) is 24.5. The first-order valence-corrected chi connectivity index (χ1v) is 19.4. The molecule has 0 atom stereocenters. The molecule has 60 heavy (non-hydrogen) atoms. The summed E-state index contributed by atoms with van der Waals surface area (Å²) in [5.41, 5.74) is 20.8. The fourth-order valence-corrected chi connectivity index (χ4v) is 6.43. The van der Waals surface area contributed by atoms with Crippen molar-refractivity contribution in [3.8, 4) is 11.1 Å². The summed E-state index contributed by atoms with van der Waals surface area (Å²) in [7, 11) is 0. The summed E-state index contributed by atoms with van der Waals surface area (Å²) < 4.78 is 21.5. The van der Waals surface area contributed by atoms with E-state index in [1.165, 1.54) is 11.8 Å². The van der Waals surface area contributed by atoms with Crippen LogP contribution in [-0.4, -0.2) is 130 Å². The topological polar surface area (TPSA) is 282 Å². The van der Waals surface area contributed by atoms with Gasteiger partial charge < -0.3 is 29.1 Å². The molecule has 0 saturated carbocycles. The van der Waals surface area contributed by atoms with E-state index in [4.69, 9.17) is 34.8 Å². The van der Waals surface area contributed by atoms with Crippen LogP contribution in [0.3, 0.4) is 0 Å². The Balaban J connectivity index is 1.42. The van der Waals surface area contributed by atoms with Crippen molar-refractivity contribution in [1.82, 2.24) is 15.3 Å². The first-order valence-electron chi connectivity index (χ1n) is 19.4. The SMILES string of the molecule is CC(=O)OCCN(CCNC(=O)OCC1c2cc(C(=O)CCCOCCN=[N+]=[N-])ccc2-c2ccc(C(=O)CCCOCCN=[N+]=[N-])cc21)CC(=O)ON1C(=O)CCC1=O. The highest BCUT2D eigenvalue weighted by Gasteiger charge is 2.34. The van der Waals surface area contributed by atoms with Gasteiger partial charge >= 0.3 is 18.0 Å². The van der Waals surface area contributed by atoms with E-state index in [2.05, 4.69) is 25.4 Å². The third-order valence-electron chi connectivity index (χ3n) is 9.31. The number of hydroxylamine groups is 2. The zero-order chi connectivity index (χ0) is 43.3. The number of ketones is 2. The lowest BCUT2D eigenvalue weighted by atomic mass is 9.93. The summed E-state index contributed by atoms with van der Waals surface area (Å²) in [4.78, 5) is 99.0. The second-order valence-electron chi connectivity index (χ2n) is 13.5. The number of carbonyl (C=O) groups excluding carboxylic acids is 7. The van der Waals surface area contributed by atoms with Gasteiger partial charge in [-0.3, -0.25) is 28.9 Å². The number of rotatable bonds is 27. The van der Waals surface area contributed by atoms with E-state index >= 15 is 0 Å². The minimum Gasteiger partial charge on any atom is -0.465 e. The molecule has 4 rings (SSSR count). The molecule has 1 heterocycles. The number of imide groups is 1. The van der Waals surface area contributed by atoms with Gasteiger partial charge in [-0.1, -0.05) is 34.5 Å². The van der Waals surface area contributed by atoms with Crippen LogP contribution in [0.25, 0.3) is 32.0 Å². The highest BCUT2D eigenvalue weighted by Crippen LogP contribution is 2.46. The molecule has 21 nitrogen and oxygen atoms in total. The van der Waals surface area contributed by atoms with Crippen LogP contribution in [-0.2, 0) is 43.0 Å². The largest absolute Gasteiger partial charge is 0.465 e. The Kier molecular flexibility index (Phi) is 18.9. The number of fused-ring (bicyclic) bond motifs is 3. The highest BCUT2D eigenvalue weighted by molar-refractivity contribution is 6.02. The number of carbonyl (C=O) groups is 7. The third-order valence-corrected chi connectivity index (χ3v) is 9.31. The van der Waals surface area contributed by atoms with Crippen LogP contribution in [0.1, 0.15) is 83.2 Å².